The summed E-state index contributed by atoms with van der Waals surface area (Å²) in [5.74, 6) is 1.51. The SMILES string of the molecule is CC(C)N(CCCCl)c1ccc2nnnn2n1. The molecule has 2 rings (SSSR count). The molecule has 2 heterocycles. The van der Waals surface area contributed by atoms with Gasteiger partial charge in [0, 0.05) is 18.5 Å². The van der Waals surface area contributed by atoms with Crippen LogP contribution in [-0.2, 0) is 0 Å². The summed E-state index contributed by atoms with van der Waals surface area (Å²) < 4.78 is 1.44. The van der Waals surface area contributed by atoms with E-state index in [0.717, 1.165) is 18.8 Å². The van der Waals surface area contributed by atoms with Crippen LogP contribution in [0.3, 0.4) is 0 Å². The summed E-state index contributed by atoms with van der Waals surface area (Å²) in [7, 11) is 0. The Bertz CT molecular complexity index is 482. The first-order chi connectivity index (χ1) is 8.22. The molecule has 92 valence electrons. The van der Waals surface area contributed by atoms with Crippen molar-refractivity contribution in [2.75, 3.05) is 17.3 Å². The highest BCUT2D eigenvalue weighted by Gasteiger charge is 2.12. The van der Waals surface area contributed by atoms with E-state index in [1.807, 2.05) is 12.1 Å². The number of nitrogens with zero attached hydrogens (tertiary/aromatic N) is 6. The highest BCUT2D eigenvalue weighted by molar-refractivity contribution is 6.17. The van der Waals surface area contributed by atoms with Gasteiger partial charge in [0.05, 0.1) is 0 Å². The Hall–Kier alpha value is -1.43. The molecule has 0 fully saturated rings. The molecule has 0 aliphatic rings. The monoisotopic (exact) mass is 254 g/mol. The van der Waals surface area contributed by atoms with Crippen LogP contribution in [0, 0.1) is 0 Å². The van der Waals surface area contributed by atoms with Crippen LogP contribution in [0.15, 0.2) is 12.1 Å². The molecule has 2 aromatic rings. The molecular weight excluding hydrogens is 240 g/mol. The summed E-state index contributed by atoms with van der Waals surface area (Å²) in [6, 6.07) is 4.15. The van der Waals surface area contributed by atoms with Gasteiger partial charge in [0.1, 0.15) is 0 Å². The molecule has 17 heavy (non-hydrogen) atoms. The number of rotatable bonds is 5. The van der Waals surface area contributed by atoms with E-state index in [4.69, 9.17) is 11.6 Å². The molecule has 0 unspecified atom stereocenters. The van der Waals surface area contributed by atoms with E-state index in [1.165, 1.54) is 4.63 Å². The summed E-state index contributed by atoms with van der Waals surface area (Å²) in [4.78, 5) is 2.18. The maximum absolute atomic E-state index is 5.73. The van der Waals surface area contributed by atoms with E-state index in [9.17, 15) is 0 Å². The number of fused-ring (bicyclic) bond motifs is 1. The summed E-state index contributed by atoms with van der Waals surface area (Å²) >= 11 is 5.73. The molecule has 0 radical (unpaired) electrons. The van der Waals surface area contributed by atoms with Crippen LogP contribution in [0.2, 0.25) is 0 Å². The van der Waals surface area contributed by atoms with Gasteiger partial charge in [-0.2, -0.15) is 0 Å². The maximum atomic E-state index is 5.73. The van der Waals surface area contributed by atoms with Crippen molar-refractivity contribution >= 4 is 23.1 Å². The molecule has 2 aromatic heterocycles. The first-order valence-electron chi connectivity index (χ1n) is 5.60. The molecule has 0 aliphatic carbocycles. The number of halogens is 1. The van der Waals surface area contributed by atoms with Crippen molar-refractivity contribution in [3.63, 3.8) is 0 Å². The molecule has 0 aromatic carbocycles. The van der Waals surface area contributed by atoms with Gasteiger partial charge in [-0.1, -0.05) is 0 Å². The van der Waals surface area contributed by atoms with Gasteiger partial charge in [0.2, 0.25) is 0 Å². The number of hydrogen-bond acceptors (Lipinski definition) is 5. The molecule has 0 saturated carbocycles. The topological polar surface area (TPSA) is 59.2 Å². The second-order valence-corrected chi connectivity index (χ2v) is 4.43. The minimum Gasteiger partial charge on any atom is -0.353 e. The summed E-state index contributed by atoms with van der Waals surface area (Å²) in [5, 5.41) is 15.6. The second-order valence-electron chi connectivity index (χ2n) is 4.05. The predicted octanol–water partition coefficient (Wildman–Crippen LogP) is 1.36. The fourth-order valence-corrected chi connectivity index (χ4v) is 1.78. The highest BCUT2D eigenvalue weighted by atomic mass is 35.5. The third-order valence-corrected chi connectivity index (χ3v) is 2.77. The first kappa shape index (κ1) is 12.0. The van der Waals surface area contributed by atoms with Crippen molar-refractivity contribution in [3.05, 3.63) is 12.1 Å². The van der Waals surface area contributed by atoms with E-state index in [2.05, 4.69) is 39.4 Å². The van der Waals surface area contributed by atoms with Gasteiger partial charge in [-0.3, -0.25) is 0 Å². The number of anilines is 1. The Morgan fingerprint density at radius 2 is 2.24 bits per heavy atom. The van der Waals surface area contributed by atoms with Gasteiger partial charge in [-0.25, -0.2) is 0 Å². The first-order valence-corrected chi connectivity index (χ1v) is 6.14. The average molecular weight is 255 g/mol. The average Bonchev–Trinajstić information content (AvgIpc) is 2.76. The fourth-order valence-electron chi connectivity index (χ4n) is 1.66. The number of hydrogen-bond donors (Lipinski definition) is 0. The lowest BCUT2D eigenvalue weighted by Crippen LogP contribution is -2.33. The standard InChI is InChI=1S/C10H15ClN6/c1-8(2)16(7-3-6-11)10-5-4-9-12-14-15-17(9)13-10/h4-5,8H,3,6-7H2,1-2H3. The zero-order chi connectivity index (χ0) is 12.3. The number of alkyl halides is 1. The Morgan fingerprint density at radius 1 is 1.41 bits per heavy atom. The van der Waals surface area contributed by atoms with Crippen LogP contribution in [-0.4, -0.2) is 43.7 Å². The summed E-state index contributed by atoms with van der Waals surface area (Å²) in [5.41, 5.74) is 0.648. The summed E-state index contributed by atoms with van der Waals surface area (Å²) in [6.45, 7) is 5.13. The molecule has 0 amide bonds. The van der Waals surface area contributed by atoms with Gasteiger partial charge in [0.25, 0.3) is 0 Å². The largest absolute Gasteiger partial charge is 0.353 e. The lowest BCUT2D eigenvalue weighted by Gasteiger charge is -2.27. The highest BCUT2D eigenvalue weighted by Crippen LogP contribution is 2.14. The van der Waals surface area contributed by atoms with Crippen LogP contribution >= 0.6 is 11.6 Å². The lowest BCUT2D eigenvalue weighted by atomic mass is 10.3. The molecule has 0 N–H and O–H groups in total. The predicted molar refractivity (Wildman–Crippen MR) is 66.4 cm³/mol. The van der Waals surface area contributed by atoms with Crippen molar-refractivity contribution in [1.29, 1.82) is 0 Å². The molecule has 0 bridgehead atoms. The van der Waals surface area contributed by atoms with Crippen molar-refractivity contribution in [2.24, 2.45) is 0 Å². The third-order valence-electron chi connectivity index (χ3n) is 2.51. The van der Waals surface area contributed by atoms with E-state index in [1.54, 1.807) is 0 Å². The van der Waals surface area contributed by atoms with Crippen molar-refractivity contribution in [1.82, 2.24) is 25.3 Å². The quantitative estimate of drug-likeness (QED) is 0.754. The van der Waals surface area contributed by atoms with E-state index < -0.39 is 0 Å². The minimum absolute atomic E-state index is 0.361. The minimum atomic E-state index is 0.361. The van der Waals surface area contributed by atoms with Gasteiger partial charge in [0.15, 0.2) is 11.5 Å². The van der Waals surface area contributed by atoms with E-state index in [0.29, 0.717) is 17.6 Å². The molecule has 0 saturated heterocycles. The van der Waals surface area contributed by atoms with E-state index in [-0.39, 0.29) is 0 Å². The van der Waals surface area contributed by atoms with Gasteiger partial charge < -0.3 is 4.90 Å². The fraction of sp³-hybridized carbons (Fsp3) is 0.600. The Kier molecular flexibility index (Phi) is 3.73. The molecule has 0 atom stereocenters. The van der Waals surface area contributed by atoms with Gasteiger partial charge >= 0.3 is 0 Å². The maximum Gasteiger partial charge on any atom is 0.200 e. The Balaban J connectivity index is 2.27. The van der Waals surface area contributed by atoms with Gasteiger partial charge in [-0.05, 0) is 42.8 Å². The van der Waals surface area contributed by atoms with Gasteiger partial charge in [-0.15, -0.1) is 26.4 Å². The number of tetrazole rings is 1. The van der Waals surface area contributed by atoms with Crippen LogP contribution in [0.4, 0.5) is 5.82 Å². The smallest absolute Gasteiger partial charge is 0.200 e. The lowest BCUT2D eigenvalue weighted by molar-refractivity contribution is 0.641. The normalized spacial score (nSPS) is 11.3. The molecule has 7 heteroatoms. The Morgan fingerprint density at radius 3 is 2.94 bits per heavy atom. The molecule has 0 spiro atoms. The third kappa shape index (κ3) is 2.63. The zero-order valence-electron chi connectivity index (χ0n) is 9.91. The van der Waals surface area contributed by atoms with E-state index >= 15 is 0 Å². The van der Waals surface area contributed by atoms with Crippen LogP contribution < -0.4 is 4.90 Å². The molecular formula is C10H15ClN6. The molecule has 0 aliphatic heterocycles. The van der Waals surface area contributed by atoms with Crippen LogP contribution in [0.1, 0.15) is 20.3 Å². The molecule has 6 nitrogen and oxygen atoms in total. The second kappa shape index (κ2) is 5.27. The van der Waals surface area contributed by atoms with Crippen molar-refractivity contribution in [2.45, 2.75) is 26.3 Å². The Labute approximate surface area is 105 Å². The summed E-state index contributed by atoms with van der Waals surface area (Å²) in [6.07, 6.45) is 0.926. The van der Waals surface area contributed by atoms with Crippen molar-refractivity contribution in [3.8, 4) is 0 Å². The van der Waals surface area contributed by atoms with Crippen LogP contribution in [0.5, 0.6) is 0 Å². The zero-order valence-corrected chi connectivity index (χ0v) is 10.7. The van der Waals surface area contributed by atoms with Crippen molar-refractivity contribution < 1.29 is 0 Å². The van der Waals surface area contributed by atoms with Crippen LogP contribution in [0.25, 0.3) is 5.65 Å². The number of aromatic nitrogens is 5.